The van der Waals surface area contributed by atoms with Crippen molar-refractivity contribution in [3.05, 3.63) is 103 Å². The van der Waals surface area contributed by atoms with E-state index in [4.69, 9.17) is 9.47 Å². The van der Waals surface area contributed by atoms with Crippen LogP contribution in [0, 0.1) is 6.92 Å². The highest BCUT2D eigenvalue weighted by Gasteiger charge is 2.47. The van der Waals surface area contributed by atoms with Crippen LogP contribution < -0.4 is 25.6 Å². The summed E-state index contributed by atoms with van der Waals surface area (Å²) in [5.41, 5.74) is 2.59. The van der Waals surface area contributed by atoms with Crippen molar-refractivity contribution in [1.29, 1.82) is 0 Å². The standard InChI is InChI=1S/C34H24N2O10/c1-14-20(46-34(43)45-3)12-19-24(27(14)37)31(41)26-25(28(19)38)30(40)23-18(32(26)44-2)10-9-15-11-16-13-35-36(17-7-5-4-6-8-17)33(42)22(16)29(39)21(15)23/h4-8,11-13,35,37,39H,9-10H2,1-3H3. The number of phenols is 2. The van der Waals surface area contributed by atoms with Crippen LogP contribution in [-0.4, -0.2) is 53.8 Å². The largest absolute Gasteiger partial charge is 0.513 e. The van der Waals surface area contributed by atoms with Crippen LogP contribution in [0.5, 0.6) is 17.2 Å². The first-order chi connectivity index (χ1) is 22.1. The molecule has 1 amide bonds. The predicted octanol–water partition coefficient (Wildman–Crippen LogP) is 2.41. The number of rotatable bonds is 3. The van der Waals surface area contributed by atoms with Crippen LogP contribution in [0.15, 0.2) is 64.9 Å². The Morgan fingerprint density at radius 1 is 0.870 bits per heavy atom. The number of amides is 1. The zero-order valence-corrected chi connectivity index (χ0v) is 24.6. The number of ether oxygens (including phenoxy) is 3. The lowest BCUT2D eigenvalue weighted by molar-refractivity contribution is -0.110. The molecule has 230 valence electrons. The fourth-order valence-corrected chi connectivity index (χ4v) is 6.46. The lowest BCUT2D eigenvalue weighted by atomic mass is 9.71. The van der Waals surface area contributed by atoms with Gasteiger partial charge in [0, 0.05) is 38.9 Å². The molecule has 46 heavy (non-hydrogen) atoms. The molecule has 0 bridgehead atoms. The molecule has 0 aromatic heterocycles. The third-order valence-electron chi connectivity index (χ3n) is 8.59. The third-order valence-corrected chi connectivity index (χ3v) is 8.59. The van der Waals surface area contributed by atoms with Crippen LogP contribution >= 0.6 is 0 Å². The van der Waals surface area contributed by atoms with E-state index in [2.05, 4.69) is 10.2 Å². The van der Waals surface area contributed by atoms with Gasteiger partial charge in [-0.1, -0.05) is 18.2 Å². The summed E-state index contributed by atoms with van der Waals surface area (Å²) in [6, 6.07) is 11.5. The van der Waals surface area contributed by atoms with E-state index in [9.17, 15) is 34.2 Å². The maximum atomic E-state index is 14.4. The summed E-state index contributed by atoms with van der Waals surface area (Å²) in [4.78, 5) is 68.0. The second-order valence-corrected chi connectivity index (χ2v) is 10.9. The number of methoxy groups -OCH3 is 2. The number of hydrogen-bond donors (Lipinski definition) is 3. The molecule has 0 saturated heterocycles. The average molecular weight is 621 g/mol. The van der Waals surface area contributed by atoms with Crippen molar-refractivity contribution >= 4 is 46.9 Å². The molecule has 3 N–H and O–H groups in total. The van der Waals surface area contributed by atoms with Crippen molar-refractivity contribution in [2.75, 3.05) is 19.2 Å². The summed E-state index contributed by atoms with van der Waals surface area (Å²) in [5.74, 6) is -4.53. The first-order valence-electron chi connectivity index (χ1n) is 14.1. The molecule has 3 aromatic rings. The summed E-state index contributed by atoms with van der Waals surface area (Å²) >= 11 is 0. The normalized spacial score (nSPS) is 16.5. The van der Waals surface area contributed by atoms with E-state index in [-0.39, 0.29) is 62.1 Å². The predicted molar refractivity (Wildman–Crippen MR) is 161 cm³/mol. The second-order valence-electron chi connectivity index (χ2n) is 10.9. The number of anilines is 1. The minimum absolute atomic E-state index is 0.00263. The number of carbonyl (C=O) groups is 5. The molecule has 4 aliphatic rings. The number of nitrogens with one attached hydrogen (secondary N) is 1. The number of hydrogen-bond acceptors (Lipinski definition) is 11. The minimum Gasteiger partial charge on any atom is -0.507 e. The van der Waals surface area contributed by atoms with E-state index < -0.39 is 46.5 Å². The van der Waals surface area contributed by atoms with Crippen LogP contribution in [0.2, 0.25) is 0 Å². The Morgan fingerprint density at radius 3 is 2.30 bits per heavy atom. The number of hydrazine groups is 1. The van der Waals surface area contributed by atoms with Crippen molar-refractivity contribution < 1.29 is 48.4 Å². The van der Waals surface area contributed by atoms with E-state index in [1.165, 1.54) is 19.0 Å². The monoisotopic (exact) mass is 620 g/mol. The number of nitrogens with zero attached hydrogens (tertiary/aromatic N) is 1. The van der Waals surface area contributed by atoms with Crippen LogP contribution in [0.3, 0.4) is 0 Å². The smallest absolute Gasteiger partial charge is 0.507 e. The molecule has 1 heterocycles. The van der Waals surface area contributed by atoms with Gasteiger partial charge in [-0.05, 0) is 49.6 Å². The van der Waals surface area contributed by atoms with Gasteiger partial charge in [0.25, 0.3) is 5.91 Å². The van der Waals surface area contributed by atoms with Gasteiger partial charge in [0.2, 0.25) is 5.78 Å². The molecule has 12 heteroatoms. The summed E-state index contributed by atoms with van der Waals surface area (Å²) in [6.45, 7) is 1.39. The lowest BCUT2D eigenvalue weighted by Gasteiger charge is -2.32. The maximum absolute atomic E-state index is 14.4. The van der Waals surface area contributed by atoms with Gasteiger partial charge < -0.3 is 24.4 Å². The van der Waals surface area contributed by atoms with E-state index >= 15 is 0 Å². The first kappa shape index (κ1) is 28.6. The Bertz CT molecular complexity index is 2190. The van der Waals surface area contributed by atoms with Crippen LogP contribution in [-0.2, 0) is 20.7 Å². The highest BCUT2D eigenvalue weighted by molar-refractivity contribution is 6.48. The zero-order chi connectivity index (χ0) is 32.6. The topological polar surface area (TPSA) is 169 Å². The lowest BCUT2D eigenvalue weighted by Crippen LogP contribution is -2.48. The molecule has 0 saturated carbocycles. The molecule has 0 atom stereocenters. The molecule has 0 radical (unpaired) electrons. The average Bonchev–Trinajstić information content (AvgIpc) is 3.05. The van der Waals surface area contributed by atoms with Gasteiger partial charge in [0.1, 0.15) is 23.0 Å². The Labute approximate surface area is 260 Å². The van der Waals surface area contributed by atoms with Crippen molar-refractivity contribution in [2.45, 2.75) is 19.8 Å². The number of benzene rings is 3. The zero-order valence-electron chi connectivity index (χ0n) is 24.6. The Balaban J connectivity index is 1.45. The molecule has 7 rings (SSSR count). The van der Waals surface area contributed by atoms with Gasteiger partial charge in [-0.2, -0.15) is 0 Å². The van der Waals surface area contributed by atoms with E-state index in [0.29, 0.717) is 22.9 Å². The highest BCUT2D eigenvalue weighted by Crippen LogP contribution is 2.46. The summed E-state index contributed by atoms with van der Waals surface area (Å²) in [7, 11) is 2.36. The number of allylic oxidation sites excluding steroid dienone is 3. The number of ketones is 3. The maximum Gasteiger partial charge on any atom is 0.513 e. The van der Waals surface area contributed by atoms with Crippen molar-refractivity contribution in [3.63, 3.8) is 0 Å². The molecule has 12 nitrogen and oxygen atoms in total. The van der Waals surface area contributed by atoms with E-state index in [1.807, 2.05) is 0 Å². The van der Waals surface area contributed by atoms with Gasteiger partial charge in [-0.3, -0.25) is 24.6 Å². The number of fused-ring (bicyclic) bond motifs is 4. The first-order valence-corrected chi connectivity index (χ1v) is 14.1. The summed E-state index contributed by atoms with van der Waals surface area (Å²) in [6.07, 6.45) is 0.988. The SMILES string of the molecule is COC(=O)Oc1cc2c(c(O)c1C)C(=O)C1=C(C(=O)C3=c4c(cc5c(c4O)C(=O)N(c4ccccc4)NC=5)CCC3=C1OC)C2=O. The van der Waals surface area contributed by atoms with Crippen LogP contribution in [0.4, 0.5) is 10.5 Å². The van der Waals surface area contributed by atoms with Gasteiger partial charge >= 0.3 is 6.16 Å². The molecule has 3 aliphatic carbocycles. The fraction of sp³-hybridized carbons (Fsp3) is 0.147. The van der Waals surface area contributed by atoms with Gasteiger partial charge in [-0.15, -0.1) is 0 Å². The summed E-state index contributed by atoms with van der Waals surface area (Å²) in [5, 5.41) is 24.5. The van der Waals surface area contributed by atoms with Crippen molar-refractivity contribution in [1.82, 2.24) is 5.43 Å². The number of aromatic hydroxyl groups is 2. The fourth-order valence-electron chi connectivity index (χ4n) is 6.46. The molecule has 0 unspecified atom stereocenters. The molecular formula is C34H24N2O10. The quantitative estimate of drug-likeness (QED) is 0.223. The number of Topliss-reactive ketones (excluding diaryl/α,β-unsaturated/α-hetero) is 3. The van der Waals surface area contributed by atoms with Gasteiger partial charge in [-0.25, -0.2) is 9.80 Å². The molecule has 1 aliphatic heterocycles. The Morgan fingerprint density at radius 2 is 1.61 bits per heavy atom. The third kappa shape index (κ3) is 3.82. The number of carbonyl (C=O) groups excluding carboxylic acids is 5. The van der Waals surface area contributed by atoms with Gasteiger partial charge in [0.05, 0.1) is 42.2 Å². The molecule has 0 fully saturated rings. The van der Waals surface area contributed by atoms with E-state index in [1.54, 1.807) is 42.6 Å². The number of phenolic OH excluding ortho intramolecular Hbond substituents is 2. The van der Waals surface area contributed by atoms with Crippen LogP contribution in [0.1, 0.15) is 48.6 Å². The number of para-hydroxylation sites is 1. The van der Waals surface area contributed by atoms with Crippen molar-refractivity contribution in [2.24, 2.45) is 0 Å². The Hall–Kier alpha value is -6.17. The second kappa shape index (κ2) is 10.2. The molecular weight excluding hydrogens is 596 g/mol. The highest BCUT2D eigenvalue weighted by atomic mass is 16.7. The molecule has 0 spiro atoms. The Kier molecular flexibility index (Phi) is 6.34. The van der Waals surface area contributed by atoms with Crippen LogP contribution in [0.25, 0.3) is 11.8 Å². The van der Waals surface area contributed by atoms with Crippen molar-refractivity contribution in [3.8, 4) is 17.2 Å². The van der Waals surface area contributed by atoms with Gasteiger partial charge in [0.15, 0.2) is 11.6 Å². The molecule has 3 aromatic carbocycles. The number of aryl methyl sites for hydroxylation is 1. The minimum atomic E-state index is -1.12. The summed E-state index contributed by atoms with van der Waals surface area (Å²) < 4.78 is 15.3. The van der Waals surface area contributed by atoms with E-state index in [0.717, 1.165) is 13.2 Å².